The smallest absolute Gasteiger partial charge is 0.309 e. The molecule has 0 aliphatic carbocycles. The zero-order valence-electron chi connectivity index (χ0n) is 5.57. The van der Waals surface area contributed by atoms with E-state index in [1.54, 1.807) is 0 Å². The average molecular weight is 167 g/mol. The molecular weight excluding hydrogens is 160 g/mol. The summed E-state index contributed by atoms with van der Waals surface area (Å²) in [5, 5.41) is 7.98. The van der Waals surface area contributed by atoms with Crippen LogP contribution in [0.25, 0.3) is 0 Å². The van der Waals surface area contributed by atoms with Gasteiger partial charge in [0, 0.05) is 14.2 Å². The lowest BCUT2D eigenvalue weighted by molar-refractivity contribution is 0.248. The van der Waals surface area contributed by atoms with Crippen molar-refractivity contribution in [2.75, 3.05) is 14.2 Å². The fraction of sp³-hybridized carbons (Fsp3) is 0.750. The van der Waals surface area contributed by atoms with Gasteiger partial charge < -0.3 is 9.05 Å². The minimum Gasteiger partial charge on any atom is -0.309 e. The van der Waals surface area contributed by atoms with Gasteiger partial charge in [-0.25, -0.2) is 4.39 Å². The highest BCUT2D eigenvalue weighted by atomic mass is 31.2. The first kappa shape index (κ1) is 9.57. The molecule has 58 valence electrons. The fourth-order valence-electron chi connectivity index (χ4n) is 0.330. The van der Waals surface area contributed by atoms with Gasteiger partial charge in [-0.3, -0.25) is 4.57 Å². The lowest BCUT2D eigenvalue weighted by atomic mass is 10.9. The summed E-state index contributed by atoms with van der Waals surface area (Å²) >= 11 is 0. The van der Waals surface area contributed by atoms with Crippen molar-refractivity contribution in [3.63, 3.8) is 0 Å². The topological polar surface area (TPSA) is 59.3 Å². The largest absolute Gasteiger partial charge is 0.378 e. The summed E-state index contributed by atoms with van der Waals surface area (Å²) in [6, 6.07) is 1.13. The molecule has 0 saturated carbocycles. The van der Waals surface area contributed by atoms with E-state index >= 15 is 0 Å². The summed E-state index contributed by atoms with van der Waals surface area (Å²) < 4.78 is 31.5. The predicted octanol–water partition coefficient (Wildman–Crippen LogP) is 1.29. The molecule has 0 rings (SSSR count). The van der Waals surface area contributed by atoms with Crippen LogP contribution in [0, 0.1) is 11.3 Å². The van der Waals surface area contributed by atoms with Crippen molar-refractivity contribution >= 4 is 7.60 Å². The Hall–Kier alpha value is -0.430. The van der Waals surface area contributed by atoms with E-state index in [4.69, 9.17) is 5.26 Å². The van der Waals surface area contributed by atoms with Crippen LogP contribution in [-0.2, 0) is 13.6 Å². The van der Waals surface area contributed by atoms with Gasteiger partial charge in [0.2, 0.25) is 0 Å². The maximum Gasteiger partial charge on any atom is 0.378 e. The lowest BCUT2D eigenvalue weighted by Gasteiger charge is -2.11. The Labute approximate surface area is 58.1 Å². The van der Waals surface area contributed by atoms with Crippen LogP contribution >= 0.6 is 7.60 Å². The molecule has 4 nitrogen and oxygen atoms in total. The quantitative estimate of drug-likeness (QED) is 0.594. The third-order valence-corrected chi connectivity index (χ3v) is 2.58. The molecule has 6 heteroatoms. The summed E-state index contributed by atoms with van der Waals surface area (Å²) in [5.41, 5.74) is 0. The summed E-state index contributed by atoms with van der Waals surface area (Å²) in [6.07, 6.45) is 0. The van der Waals surface area contributed by atoms with E-state index in [9.17, 15) is 8.96 Å². The minimum atomic E-state index is -3.80. The molecule has 0 aliphatic heterocycles. The third kappa shape index (κ3) is 1.77. The van der Waals surface area contributed by atoms with E-state index in [1.165, 1.54) is 0 Å². The van der Waals surface area contributed by atoms with Crippen molar-refractivity contribution in [3.8, 4) is 6.07 Å². The van der Waals surface area contributed by atoms with E-state index in [1.807, 2.05) is 0 Å². The van der Waals surface area contributed by atoms with Crippen molar-refractivity contribution in [3.05, 3.63) is 0 Å². The van der Waals surface area contributed by atoms with Gasteiger partial charge in [0.15, 0.2) is 0 Å². The first-order valence-electron chi connectivity index (χ1n) is 2.35. The molecule has 0 radical (unpaired) electrons. The van der Waals surface area contributed by atoms with E-state index in [-0.39, 0.29) is 0 Å². The standard InChI is InChI=1S/C4H7FNO3P/c1-8-10(7,9-2)4(5)3-6/h4H,1-2H3. The predicted molar refractivity (Wildman–Crippen MR) is 32.1 cm³/mol. The van der Waals surface area contributed by atoms with Crippen molar-refractivity contribution in [2.45, 2.75) is 5.91 Å². The molecule has 0 aliphatic rings. The minimum absolute atomic E-state index is 1.02. The molecule has 0 N–H and O–H groups in total. The highest BCUT2D eigenvalue weighted by molar-refractivity contribution is 7.54. The van der Waals surface area contributed by atoms with Crippen LogP contribution in [0.1, 0.15) is 0 Å². The molecule has 0 fully saturated rings. The number of hydrogen-bond acceptors (Lipinski definition) is 4. The Kier molecular flexibility index (Phi) is 3.51. The van der Waals surface area contributed by atoms with Crippen LogP contribution < -0.4 is 0 Å². The summed E-state index contributed by atoms with van der Waals surface area (Å²) in [7, 11) is -1.76. The maximum atomic E-state index is 12.3. The molecule has 1 unspecified atom stereocenters. The average Bonchev–Trinajstić information content (AvgIpc) is 2.01. The SMILES string of the molecule is COP(=O)(OC)C(F)C#N. The zero-order valence-corrected chi connectivity index (χ0v) is 6.47. The Morgan fingerprint density at radius 2 is 2.00 bits per heavy atom. The summed E-state index contributed by atoms with van der Waals surface area (Å²) in [4.78, 5) is 0. The molecule has 0 spiro atoms. The number of halogens is 1. The molecule has 0 heterocycles. The highest BCUT2D eigenvalue weighted by Crippen LogP contribution is 2.51. The van der Waals surface area contributed by atoms with E-state index in [2.05, 4.69) is 9.05 Å². The Bertz CT molecular complexity index is 181. The van der Waals surface area contributed by atoms with E-state index in [0.717, 1.165) is 20.3 Å². The van der Waals surface area contributed by atoms with Gasteiger partial charge in [-0.05, 0) is 0 Å². The van der Waals surface area contributed by atoms with Crippen LogP contribution in [0.5, 0.6) is 0 Å². The van der Waals surface area contributed by atoms with Crippen molar-refractivity contribution in [1.29, 1.82) is 5.26 Å². The van der Waals surface area contributed by atoms with Crippen molar-refractivity contribution in [1.82, 2.24) is 0 Å². The van der Waals surface area contributed by atoms with Crippen LogP contribution in [0.15, 0.2) is 0 Å². The second-order valence-corrected chi connectivity index (χ2v) is 3.63. The first-order chi connectivity index (χ1) is 4.60. The lowest BCUT2D eigenvalue weighted by Crippen LogP contribution is -2.01. The summed E-state index contributed by atoms with van der Waals surface area (Å²) in [6.45, 7) is 0. The van der Waals surface area contributed by atoms with Crippen LogP contribution in [0.3, 0.4) is 0 Å². The van der Waals surface area contributed by atoms with Gasteiger partial charge in [0.05, 0.1) is 0 Å². The van der Waals surface area contributed by atoms with Gasteiger partial charge in [0.25, 0.3) is 5.91 Å². The number of nitrogens with zero attached hydrogens (tertiary/aromatic N) is 1. The molecule has 10 heavy (non-hydrogen) atoms. The van der Waals surface area contributed by atoms with Crippen molar-refractivity contribution in [2.24, 2.45) is 0 Å². The fourth-order valence-corrected chi connectivity index (χ4v) is 0.991. The Balaban J connectivity index is 4.37. The molecular formula is C4H7FNO3P. The molecule has 0 aromatic carbocycles. The molecule has 0 saturated heterocycles. The maximum absolute atomic E-state index is 12.3. The molecule has 1 atom stereocenters. The second-order valence-electron chi connectivity index (χ2n) is 1.37. The highest BCUT2D eigenvalue weighted by Gasteiger charge is 2.33. The number of nitriles is 1. The monoisotopic (exact) mass is 167 g/mol. The number of hydrogen-bond donors (Lipinski definition) is 0. The van der Waals surface area contributed by atoms with E-state index in [0.29, 0.717) is 0 Å². The zero-order chi connectivity index (χ0) is 8.20. The summed E-state index contributed by atoms with van der Waals surface area (Å²) in [5.74, 6) is -2.21. The van der Waals surface area contributed by atoms with Crippen LogP contribution in [0.4, 0.5) is 4.39 Å². The second kappa shape index (κ2) is 3.67. The van der Waals surface area contributed by atoms with Gasteiger partial charge in [-0.15, -0.1) is 0 Å². The van der Waals surface area contributed by atoms with E-state index < -0.39 is 13.5 Å². The van der Waals surface area contributed by atoms with Crippen LogP contribution in [0.2, 0.25) is 0 Å². The third-order valence-electron chi connectivity index (χ3n) is 0.893. The van der Waals surface area contributed by atoms with Crippen LogP contribution in [-0.4, -0.2) is 20.1 Å². The molecule has 0 amide bonds. The molecule has 0 aromatic heterocycles. The number of alkyl halides is 1. The Morgan fingerprint density at radius 3 is 2.10 bits per heavy atom. The van der Waals surface area contributed by atoms with Gasteiger partial charge in [-0.1, -0.05) is 0 Å². The number of rotatable bonds is 3. The normalized spacial score (nSPS) is 14.2. The Morgan fingerprint density at radius 1 is 1.60 bits per heavy atom. The first-order valence-corrected chi connectivity index (χ1v) is 3.96. The van der Waals surface area contributed by atoms with Gasteiger partial charge in [-0.2, -0.15) is 5.26 Å². The molecule has 0 bridgehead atoms. The van der Waals surface area contributed by atoms with Gasteiger partial charge >= 0.3 is 7.60 Å². The van der Waals surface area contributed by atoms with Gasteiger partial charge in [0.1, 0.15) is 6.07 Å². The molecule has 0 aromatic rings. The van der Waals surface area contributed by atoms with Crippen molar-refractivity contribution < 1.29 is 18.0 Å².